The SMILES string of the molecule is O=C(CCCl)ON=C1C(=O)N(c2ccccc2)c2ccccc21. The second-order valence-corrected chi connectivity index (χ2v) is 5.21. The Labute approximate surface area is 138 Å². The minimum Gasteiger partial charge on any atom is -0.317 e. The number of hydrogen-bond donors (Lipinski definition) is 0. The second kappa shape index (κ2) is 6.62. The number of hydrogen-bond acceptors (Lipinski definition) is 4. The Bertz CT molecular complexity index is 774. The van der Waals surface area contributed by atoms with Crippen molar-refractivity contribution < 1.29 is 14.4 Å². The molecular formula is C17H13ClN2O3. The first-order valence-electron chi connectivity index (χ1n) is 7.05. The maximum absolute atomic E-state index is 12.7. The molecule has 2 aromatic rings. The van der Waals surface area contributed by atoms with Crippen molar-refractivity contribution in [3.63, 3.8) is 0 Å². The predicted molar refractivity (Wildman–Crippen MR) is 88.0 cm³/mol. The fourth-order valence-electron chi connectivity index (χ4n) is 2.34. The summed E-state index contributed by atoms with van der Waals surface area (Å²) in [6.07, 6.45) is 0.0383. The highest BCUT2D eigenvalue weighted by atomic mass is 35.5. The standard InChI is InChI=1S/C17H13ClN2O3/c18-11-10-15(21)23-19-16-13-8-4-5-9-14(13)20(17(16)22)12-6-2-1-3-7-12/h1-9H,10-11H2. The molecule has 0 aromatic heterocycles. The van der Waals surface area contributed by atoms with E-state index in [-0.39, 0.29) is 23.9 Å². The summed E-state index contributed by atoms with van der Waals surface area (Å²) in [5, 5.41) is 3.76. The van der Waals surface area contributed by atoms with Crippen LogP contribution in [0.4, 0.5) is 11.4 Å². The third-order valence-corrected chi connectivity index (χ3v) is 3.55. The lowest BCUT2D eigenvalue weighted by atomic mass is 10.1. The zero-order chi connectivity index (χ0) is 16.2. The average Bonchev–Trinajstić information content (AvgIpc) is 2.85. The van der Waals surface area contributed by atoms with Crippen molar-refractivity contribution >= 4 is 40.6 Å². The Morgan fingerprint density at radius 2 is 1.78 bits per heavy atom. The zero-order valence-electron chi connectivity index (χ0n) is 12.1. The van der Waals surface area contributed by atoms with Crippen LogP contribution in [0.5, 0.6) is 0 Å². The number of alkyl halides is 1. The number of fused-ring (bicyclic) bond motifs is 1. The maximum atomic E-state index is 12.7. The Balaban J connectivity index is 1.99. The number of carbonyl (C=O) groups excluding carboxylic acids is 2. The van der Waals surface area contributed by atoms with Crippen molar-refractivity contribution in [2.24, 2.45) is 5.16 Å². The van der Waals surface area contributed by atoms with Gasteiger partial charge in [-0.05, 0) is 18.2 Å². The van der Waals surface area contributed by atoms with E-state index in [9.17, 15) is 9.59 Å². The molecule has 0 spiro atoms. The lowest BCUT2D eigenvalue weighted by Gasteiger charge is -2.16. The van der Waals surface area contributed by atoms with Gasteiger partial charge in [-0.15, -0.1) is 11.6 Å². The van der Waals surface area contributed by atoms with Gasteiger partial charge in [0.2, 0.25) is 0 Å². The molecule has 2 aromatic carbocycles. The molecule has 0 radical (unpaired) electrons. The lowest BCUT2D eigenvalue weighted by Crippen LogP contribution is -2.25. The van der Waals surface area contributed by atoms with Crippen LogP contribution in [-0.2, 0) is 14.4 Å². The predicted octanol–water partition coefficient (Wildman–Crippen LogP) is 3.24. The molecule has 0 fully saturated rings. The summed E-state index contributed by atoms with van der Waals surface area (Å²) in [7, 11) is 0. The van der Waals surface area contributed by atoms with Crippen molar-refractivity contribution in [3.8, 4) is 0 Å². The topological polar surface area (TPSA) is 59.0 Å². The molecule has 3 rings (SSSR count). The first kappa shape index (κ1) is 15.2. The molecule has 0 unspecified atom stereocenters. The molecule has 1 amide bonds. The van der Waals surface area contributed by atoms with Crippen LogP contribution in [0, 0.1) is 0 Å². The number of benzene rings is 2. The molecule has 6 heteroatoms. The Hall–Kier alpha value is -2.66. The molecule has 23 heavy (non-hydrogen) atoms. The van der Waals surface area contributed by atoms with E-state index in [1.165, 1.54) is 0 Å². The molecule has 0 atom stereocenters. The van der Waals surface area contributed by atoms with Crippen LogP contribution in [0.2, 0.25) is 0 Å². The fraction of sp³-hybridized carbons (Fsp3) is 0.118. The van der Waals surface area contributed by atoms with E-state index in [4.69, 9.17) is 16.4 Å². The van der Waals surface area contributed by atoms with Crippen molar-refractivity contribution in [2.45, 2.75) is 6.42 Å². The van der Waals surface area contributed by atoms with Gasteiger partial charge in [0.25, 0.3) is 5.91 Å². The van der Waals surface area contributed by atoms with Gasteiger partial charge in [0.05, 0.1) is 12.1 Å². The van der Waals surface area contributed by atoms with Gasteiger partial charge in [0, 0.05) is 17.1 Å². The highest BCUT2D eigenvalue weighted by Crippen LogP contribution is 2.35. The summed E-state index contributed by atoms with van der Waals surface area (Å²) >= 11 is 5.48. The Kier molecular flexibility index (Phi) is 4.39. The molecule has 1 aliphatic heterocycles. The van der Waals surface area contributed by atoms with Gasteiger partial charge in [-0.25, -0.2) is 4.79 Å². The van der Waals surface area contributed by atoms with E-state index in [0.29, 0.717) is 11.3 Å². The Morgan fingerprint density at radius 1 is 1.09 bits per heavy atom. The van der Waals surface area contributed by atoms with Gasteiger partial charge in [-0.3, -0.25) is 9.69 Å². The van der Waals surface area contributed by atoms with Gasteiger partial charge in [0.15, 0.2) is 5.71 Å². The quantitative estimate of drug-likeness (QED) is 0.492. The van der Waals surface area contributed by atoms with Crippen LogP contribution in [0.15, 0.2) is 59.8 Å². The zero-order valence-corrected chi connectivity index (χ0v) is 12.9. The number of carbonyl (C=O) groups is 2. The summed E-state index contributed by atoms with van der Waals surface area (Å²) in [4.78, 5) is 30.5. The molecule has 116 valence electrons. The van der Waals surface area contributed by atoms with E-state index in [1.54, 1.807) is 17.0 Å². The minimum absolute atomic E-state index is 0.0383. The Morgan fingerprint density at radius 3 is 2.52 bits per heavy atom. The monoisotopic (exact) mass is 328 g/mol. The lowest BCUT2D eigenvalue weighted by molar-refractivity contribution is -0.143. The van der Waals surface area contributed by atoms with E-state index < -0.39 is 5.97 Å². The molecule has 1 aliphatic rings. The third kappa shape index (κ3) is 2.96. The van der Waals surface area contributed by atoms with Gasteiger partial charge >= 0.3 is 5.97 Å². The molecule has 0 saturated carbocycles. The average molecular weight is 329 g/mol. The van der Waals surface area contributed by atoms with Crippen molar-refractivity contribution in [2.75, 3.05) is 10.8 Å². The smallest absolute Gasteiger partial charge is 0.317 e. The summed E-state index contributed by atoms with van der Waals surface area (Å²) in [6.45, 7) is 0. The van der Waals surface area contributed by atoms with Crippen LogP contribution < -0.4 is 4.90 Å². The van der Waals surface area contributed by atoms with Crippen LogP contribution in [0.3, 0.4) is 0 Å². The fourth-order valence-corrected chi connectivity index (χ4v) is 2.49. The first-order valence-corrected chi connectivity index (χ1v) is 7.58. The molecule has 0 aliphatic carbocycles. The van der Waals surface area contributed by atoms with Crippen LogP contribution in [0.1, 0.15) is 12.0 Å². The number of para-hydroxylation sites is 2. The van der Waals surface area contributed by atoms with Gasteiger partial charge in [-0.2, -0.15) is 0 Å². The van der Waals surface area contributed by atoms with E-state index in [0.717, 1.165) is 5.69 Å². The van der Waals surface area contributed by atoms with Crippen molar-refractivity contribution in [1.29, 1.82) is 0 Å². The minimum atomic E-state index is -0.573. The number of nitrogens with zero attached hydrogens (tertiary/aromatic N) is 2. The van der Waals surface area contributed by atoms with Crippen molar-refractivity contribution in [3.05, 3.63) is 60.2 Å². The summed E-state index contributed by atoms with van der Waals surface area (Å²) in [5.41, 5.74) is 2.16. The third-order valence-electron chi connectivity index (χ3n) is 3.36. The van der Waals surface area contributed by atoms with E-state index >= 15 is 0 Å². The van der Waals surface area contributed by atoms with E-state index in [2.05, 4.69) is 5.16 Å². The highest BCUT2D eigenvalue weighted by molar-refractivity contribution is 6.55. The summed E-state index contributed by atoms with van der Waals surface area (Å²) in [6, 6.07) is 16.5. The number of rotatable bonds is 4. The van der Waals surface area contributed by atoms with Crippen LogP contribution >= 0.6 is 11.6 Å². The molecule has 5 nitrogen and oxygen atoms in total. The number of amides is 1. The summed E-state index contributed by atoms with van der Waals surface area (Å²) in [5.74, 6) is -0.767. The summed E-state index contributed by atoms with van der Waals surface area (Å²) < 4.78 is 0. The normalized spacial score (nSPS) is 14.9. The second-order valence-electron chi connectivity index (χ2n) is 4.84. The number of halogens is 1. The molecular weight excluding hydrogens is 316 g/mol. The molecule has 1 heterocycles. The molecule has 0 bridgehead atoms. The van der Waals surface area contributed by atoms with Gasteiger partial charge in [0.1, 0.15) is 0 Å². The largest absolute Gasteiger partial charge is 0.336 e. The van der Waals surface area contributed by atoms with Gasteiger partial charge in [-0.1, -0.05) is 41.6 Å². The highest BCUT2D eigenvalue weighted by Gasteiger charge is 2.35. The van der Waals surface area contributed by atoms with Crippen molar-refractivity contribution in [1.82, 2.24) is 0 Å². The molecule has 0 saturated heterocycles. The van der Waals surface area contributed by atoms with Gasteiger partial charge < -0.3 is 4.84 Å². The van der Waals surface area contributed by atoms with E-state index in [1.807, 2.05) is 42.5 Å². The number of anilines is 2. The van der Waals surface area contributed by atoms with Crippen LogP contribution in [-0.4, -0.2) is 23.5 Å². The first-order chi connectivity index (χ1) is 11.2. The maximum Gasteiger partial charge on any atom is 0.336 e. The molecule has 0 N–H and O–H groups in total. The number of oxime groups is 1. The van der Waals surface area contributed by atoms with Crippen LogP contribution in [0.25, 0.3) is 0 Å².